The van der Waals surface area contributed by atoms with Crippen molar-refractivity contribution in [3.05, 3.63) is 0 Å². The summed E-state index contributed by atoms with van der Waals surface area (Å²) >= 11 is 1.47. The summed E-state index contributed by atoms with van der Waals surface area (Å²) in [5, 5.41) is 24.6. The summed E-state index contributed by atoms with van der Waals surface area (Å²) in [7, 11) is 1.68. The Bertz CT molecular complexity index is 537. The van der Waals surface area contributed by atoms with Gasteiger partial charge in [0, 0.05) is 19.3 Å². The molecule has 8 nitrogen and oxygen atoms in total. The Kier molecular flexibility index (Phi) is 6.45. The third-order valence-electron chi connectivity index (χ3n) is 5.68. The summed E-state index contributed by atoms with van der Waals surface area (Å²) in [5.41, 5.74) is -0.178. The van der Waals surface area contributed by atoms with Crippen molar-refractivity contribution in [1.29, 1.82) is 0 Å². The number of thioether (sulfide) groups is 1. The molecule has 9 heteroatoms. The van der Waals surface area contributed by atoms with Gasteiger partial charge in [-0.05, 0) is 24.7 Å². The van der Waals surface area contributed by atoms with E-state index in [1.807, 2.05) is 0 Å². The summed E-state index contributed by atoms with van der Waals surface area (Å²) in [4.78, 5) is 28.2. The number of nitrogens with zero attached hydrogens (tertiary/aromatic N) is 2. The van der Waals surface area contributed by atoms with E-state index in [-0.39, 0.29) is 24.2 Å². The number of carbonyl (C=O) groups is 2. The van der Waals surface area contributed by atoms with Crippen LogP contribution in [0.1, 0.15) is 32.6 Å². The van der Waals surface area contributed by atoms with Gasteiger partial charge < -0.3 is 15.1 Å². The molecule has 1 aliphatic carbocycles. The van der Waals surface area contributed by atoms with Crippen LogP contribution in [-0.4, -0.2) is 81.7 Å². The van der Waals surface area contributed by atoms with Crippen molar-refractivity contribution in [3.8, 4) is 0 Å². The number of aliphatic hydroxyl groups is 2. The second kappa shape index (κ2) is 8.43. The minimum Gasteiger partial charge on any atom is -0.394 e. The topological polar surface area (TPSA) is 105 Å². The first kappa shape index (κ1) is 19.9. The maximum absolute atomic E-state index is 12.5. The van der Waals surface area contributed by atoms with Crippen LogP contribution in [0.15, 0.2) is 0 Å². The quantitative estimate of drug-likeness (QED) is 0.508. The monoisotopic (exact) mass is 386 g/mol. The van der Waals surface area contributed by atoms with Crippen LogP contribution in [0.25, 0.3) is 0 Å². The van der Waals surface area contributed by atoms with E-state index in [2.05, 4.69) is 22.5 Å². The maximum atomic E-state index is 12.5. The Hall–Kier alpha value is -0.870. The molecule has 4 N–H and O–H groups in total. The van der Waals surface area contributed by atoms with Crippen molar-refractivity contribution >= 4 is 23.7 Å². The van der Waals surface area contributed by atoms with Gasteiger partial charge in [-0.15, -0.1) is 11.8 Å². The number of aliphatic hydroxyl groups excluding tert-OH is 2. The van der Waals surface area contributed by atoms with Crippen molar-refractivity contribution in [2.24, 2.45) is 11.8 Å². The molecule has 1 saturated carbocycles. The molecule has 0 spiro atoms. The Morgan fingerprint density at radius 1 is 1.35 bits per heavy atom. The molecule has 0 radical (unpaired) electrons. The smallest absolute Gasteiger partial charge is 0.325 e. The molecule has 2 saturated heterocycles. The Labute approximate surface area is 158 Å². The molecule has 0 aromatic carbocycles. The maximum Gasteiger partial charge on any atom is 0.325 e. The second-order valence-electron chi connectivity index (χ2n) is 7.82. The molecule has 3 rings (SSSR count). The van der Waals surface area contributed by atoms with Crippen molar-refractivity contribution in [3.63, 3.8) is 0 Å². The predicted octanol–water partition coefficient (Wildman–Crippen LogP) is -0.0358. The molecule has 2 heterocycles. The van der Waals surface area contributed by atoms with Crippen LogP contribution in [0.5, 0.6) is 0 Å². The van der Waals surface area contributed by atoms with E-state index in [1.54, 1.807) is 7.05 Å². The molecule has 2 aliphatic heterocycles. The van der Waals surface area contributed by atoms with Crippen LogP contribution in [-0.2, 0) is 4.79 Å². The summed E-state index contributed by atoms with van der Waals surface area (Å²) in [6.45, 7) is 2.78. The fraction of sp³-hybridized carbons (Fsp3) is 0.882. The molecular weight excluding hydrogens is 356 g/mol. The van der Waals surface area contributed by atoms with Crippen LogP contribution in [0.4, 0.5) is 4.79 Å². The van der Waals surface area contributed by atoms with E-state index >= 15 is 0 Å². The van der Waals surface area contributed by atoms with E-state index in [9.17, 15) is 14.7 Å². The molecule has 3 fully saturated rings. The number of rotatable bonds is 6. The average Bonchev–Trinajstić information content (AvgIpc) is 2.96. The first-order valence-electron chi connectivity index (χ1n) is 9.40. The molecule has 0 bridgehead atoms. The van der Waals surface area contributed by atoms with Gasteiger partial charge in [0.1, 0.15) is 17.7 Å². The number of hydrogen-bond acceptors (Lipinski definition) is 7. The number of imide groups is 1. The zero-order chi connectivity index (χ0) is 18.8. The highest BCUT2D eigenvalue weighted by Crippen LogP contribution is 2.34. The van der Waals surface area contributed by atoms with Gasteiger partial charge in [0.05, 0.1) is 12.7 Å². The second-order valence-corrected chi connectivity index (χ2v) is 8.93. The van der Waals surface area contributed by atoms with Crippen LogP contribution in [0.3, 0.4) is 0 Å². The van der Waals surface area contributed by atoms with Gasteiger partial charge in [-0.1, -0.05) is 19.8 Å². The zero-order valence-corrected chi connectivity index (χ0v) is 16.2. The molecule has 6 atom stereocenters. The number of fused-ring (bicyclic) bond motifs is 1. The normalized spacial score (nSPS) is 36.8. The van der Waals surface area contributed by atoms with Gasteiger partial charge in [-0.25, -0.2) is 4.79 Å². The lowest BCUT2D eigenvalue weighted by Crippen LogP contribution is -2.65. The summed E-state index contributed by atoms with van der Waals surface area (Å²) in [6.07, 6.45) is 3.62. The zero-order valence-electron chi connectivity index (χ0n) is 15.4. The van der Waals surface area contributed by atoms with Gasteiger partial charge in [0.15, 0.2) is 0 Å². The number of carbonyl (C=O) groups excluding carboxylic acids is 2. The van der Waals surface area contributed by atoms with Crippen LogP contribution in [0, 0.1) is 11.8 Å². The number of amides is 3. The van der Waals surface area contributed by atoms with E-state index in [0.29, 0.717) is 17.6 Å². The lowest BCUT2D eigenvalue weighted by molar-refractivity contribution is -0.128. The molecule has 148 valence electrons. The Balaban J connectivity index is 1.75. The molecule has 6 unspecified atom stereocenters. The van der Waals surface area contributed by atoms with Crippen LogP contribution < -0.4 is 10.6 Å². The SMILES string of the molecule is CC1CCCC(CN2C(SCC(O)CO)NC3C2C(=O)NC(=O)N3C)C1. The van der Waals surface area contributed by atoms with E-state index in [4.69, 9.17) is 5.11 Å². The standard InChI is InChI=1S/C17H30N4O4S/c1-10-4-3-5-11(6-10)7-21-13-14(20(2)16(25)19-15(13)24)18-17(21)26-9-12(23)8-22/h10-14,17-18,22-23H,3-9H2,1-2H3,(H,19,24,25). The molecule has 3 aliphatic rings. The first-order chi connectivity index (χ1) is 12.4. The third kappa shape index (κ3) is 4.17. The number of likely N-dealkylation sites (N-methyl/N-ethyl adjacent to an activating group) is 1. The van der Waals surface area contributed by atoms with E-state index < -0.39 is 18.2 Å². The molecule has 0 aromatic heterocycles. The van der Waals surface area contributed by atoms with Crippen LogP contribution >= 0.6 is 11.8 Å². The molecule has 3 amide bonds. The summed E-state index contributed by atoms with van der Waals surface area (Å²) < 4.78 is 0. The lowest BCUT2D eigenvalue weighted by atomic mass is 9.82. The number of hydrogen-bond donors (Lipinski definition) is 4. The minimum atomic E-state index is -0.797. The van der Waals surface area contributed by atoms with Crippen molar-refractivity contribution in [2.75, 3.05) is 26.0 Å². The van der Waals surface area contributed by atoms with Gasteiger partial charge in [0.25, 0.3) is 0 Å². The number of urea groups is 1. The molecule has 26 heavy (non-hydrogen) atoms. The van der Waals surface area contributed by atoms with Gasteiger partial charge in [-0.2, -0.15) is 0 Å². The Morgan fingerprint density at radius 2 is 2.12 bits per heavy atom. The highest BCUT2D eigenvalue weighted by molar-refractivity contribution is 7.99. The summed E-state index contributed by atoms with van der Waals surface area (Å²) in [5.74, 6) is 1.33. The lowest BCUT2D eigenvalue weighted by Gasteiger charge is -2.38. The fourth-order valence-corrected chi connectivity index (χ4v) is 5.46. The molecule has 0 aromatic rings. The highest BCUT2D eigenvalue weighted by atomic mass is 32.2. The van der Waals surface area contributed by atoms with Crippen molar-refractivity contribution in [2.45, 2.75) is 56.4 Å². The van der Waals surface area contributed by atoms with E-state index in [0.717, 1.165) is 19.4 Å². The fourth-order valence-electron chi connectivity index (χ4n) is 4.30. The van der Waals surface area contributed by atoms with Gasteiger partial charge in [-0.3, -0.25) is 20.3 Å². The van der Waals surface area contributed by atoms with Crippen molar-refractivity contribution < 1.29 is 19.8 Å². The van der Waals surface area contributed by atoms with E-state index in [1.165, 1.54) is 29.5 Å². The Morgan fingerprint density at radius 3 is 2.81 bits per heavy atom. The van der Waals surface area contributed by atoms with Crippen LogP contribution in [0.2, 0.25) is 0 Å². The average molecular weight is 387 g/mol. The minimum absolute atomic E-state index is 0.178. The third-order valence-corrected chi connectivity index (χ3v) is 6.98. The van der Waals surface area contributed by atoms with Gasteiger partial charge in [0.2, 0.25) is 5.91 Å². The summed E-state index contributed by atoms with van der Waals surface area (Å²) in [6, 6.07) is -0.824. The number of nitrogens with one attached hydrogen (secondary N) is 2. The van der Waals surface area contributed by atoms with Crippen molar-refractivity contribution in [1.82, 2.24) is 20.4 Å². The molecular formula is C17H30N4O4S. The largest absolute Gasteiger partial charge is 0.394 e. The van der Waals surface area contributed by atoms with Gasteiger partial charge >= 0.3 is 6.03 Å². The highest BCUT2D eigenvalue weighted by Gasteiger charge is 2.51. The first-order valence-corrected chi connectivity index (χ1v) is 10.5. The predicted molar refractivity (Wildman–Crippen MR) is 99.2 cm³/mol.